The maximum Gasteiger partial charge on any atom is 0.292 e. The summed E-state index contributed by atoms with van der Waals surface area (Å²) >= 11 is 0. The first-order valence-electron chi connectivity index (χ1n) is 5.97. The van der Waals surface area contributed by atoms with E-state index in [9.17, 15) is 14.9 Å². The second-order valence-corrected chi connectivity index (χ2v) is 3.85. The Hall–Kier alpha value is -2.92. The van der Waals surface area contributed by atoms with Crippen molar-refractivity contribution in [3.63, 3.8) is 0 Å². The van der Waals surface area contributed by atoms with Gasteiger partial charge in [-0.25, -0.2) is 0 Å². The summed E-state index contributed by atoms with van der Waals surface area (Å²) in [5, 5.41) is 24.8. The van der Waals surface area contributed by atoms with Gasteiger partial charge in [0, 0.05) is 25.9 Å². The summed E-state index contributed by atoms with van der Waals surface area (Å²) in [6.07, 6.45) is 1.24. The molecule has 0 fully saturated rings. The van der Waals surface area contributed by atoms with E-state index in [1.165, 1.54) is 31.5 Å². The number of amides is 1. The summed E-state index contributed by atoms with van der Waals surface area (Å²) < 4.78 is 4.81. The van der Waals surface area contributed by atoms with Crippen molar-refractivity contribution < 1.29 is 14.5 Å². The van der Waals surface area contributed by atoms with Gasteiger partial charge < -0.3 is 15.4 Å². The second-order valence-electron chi connectivity index (χ2n) is 3.85. The van der Waals surface area contributed by atoms with Crippen LogP contribution in [-0.4, -0.2) is 31.1 Å². The predicted octanol–water partition coefficient (Wildman–Crippen LogP) is 1.18. The average molecular weight is 290 g/mol. The lowest BCUT2D eigenvalue weighted by Gasteiger charge is -2.05. The normalized spacial score (nSPS) is 10.6. The fourth-order valence-electron chi connectivity index (χ4n) is 1.41. The average Bonchev–Trinajstić information content (AvgIpc) is 2.47. The molecule has 2 N–H and O–H groups in total. The Morgan fingerprint density at radius 3 is 2.86 bits per heavy atom. The SMILES string of the molecule is COCCN/C=C(/C#N)C(=O)Nc1ccccc1[N+](=O)[O-]. The van der Waals surface area contributed by atoms with Gasteiger partial charge in [0.2, 0.25) is 0 Å². The third kappa shape index (κ3) is 4.93. The molecule has 1 rings (SSSR count). The zero-order chi connectivity index (χ0) is 15.7. The van der Waals surface area contributed by atoms with Crippen LogP contribution in [0.25, 0.3) is 0 Å². The number of hydrogen-bond acceptors (Lipinski definition) is 6. The Morgan fingerprint density at radius 1 is 1.52 bits per heavy atom. The number of hydrogen-bond donors (Lipinski definition) is 2. The van der Waals surface area contributed by atoms with Crippen LogP contribution in [0.4, 0.5) is 11.4 Å². The van der Waals surface area contributed by atoms with Crippen molar-refractivity contribution >= 4 is 17.3 Å². The lowest BCUT2D eigenvalue weighted by molar-refractivity contribution is -0.383. The molecule has 1 aromatic rings. The summed E-state index contributed by atoms with van der Waals surface area (Å²) in [6, 6.07) is 7.42. The molecule has 0 aliphatic heterocycles. The number of nitrogens with zero attached hydrogens (tertiary/aromatic N) is 2. The minimum atomic E-state index is -0.725. The van der Waals surface area contributed by atoms with E-state index in [1.807, 2.05) is 0 Å². The third-order valence-corrected chi connectivity index (χ3v) is 2.41. The number of benzene rings is 1. The van der Waals surface area contributed by atoms with E-state index in [0.717, 1.165) is 0 Å². The molecule has 0 saturated carbocycles. The Kier molecular flexibility index (Phi) is 6.37. The molecule has 0 aliphatic carbocycles. The topological polar surface area (TPSA) is 117 Å². The molecule has 110 valence electrons. The van der Waals surface area contributed by atoms with Crippen LogP contribution in [0.1, 0.15) is 0 Å². The van der Waals surface area contributed by atoms with Crippen LogP contribution in [0.3, 0.4) is 0 Å². The van der Waals surface area contributed by atoms with Crippen molar-refractivity contribution in [1.29, 1.82) is 5.26 Å². The molecule has 8 heteroatoms. The summed E-state index contributed by atoms with van der Waals surface area (Å²) in [7, 11) is 1.53. The largest absolute Gasteiger partial charge is 0.387 e. The monoisotopic (exact) mass is 290 g/mol. The van der Waals surface area contributed by atoms with Crippen LogP contribution in [0.2, 0.25) is 0 Å². The Labute approximate surface area is 121 Å². The number of methoxy groups -OCH3 is 1. The van der Waals surface area contributed by atoms with Crippen LogP contribution in [0, 0.1) is 21.4 Å². The second kappa shape index (κ2) is 8.29. The molecule has 0 saturated heterocycles. The highest BCUT2D eigenvalue weighted by Gasteiger charge is 2.16. The number of carbonyl (C=O) groups excluding carboxylic acids is 1. The number of nitro groups is 1. The van der Waals surface area contributed by atoms with Crippen molar-refractivity contribution in [2.45, 2.75) is 0 Å². The molecule has 21 heavy (non-hydrogen) atoms. The van der Waals surface area contributed by atoms with Crippen molar-refractivity contribution in [1.82, 2.24) is 5.32 Å². The fraction of sp³-hybridized carbons (Fsp3) is 0.231. The molecule has 0 aromatic heterocycles. The number of nitro benzene ring substituents is 1. The van der Waals surface area contributed by atoms with E-state index in [-0.39, 0.29) is 16.9 Å². The van der Waals surface area contributed by atoms with Crippen LogP contribution in [0.5, 0.6) is 0 Å². The predicted molar refractivity (Wildman–Crippen MR) is 75.3 cm³/mol. The third-order valence-electron chi connectivity index (χ3n) is 2.41. The highest BCUT2D eigenvalue weighted by molar-refractivity contribution is 6.07. The first kappa shape index (κ1) is 16.1. The molecule has 1 amide bonds. The summed E-state index contributed by atoms with van der Waals surface area (Å²) in [5.41, 5.74) is -0.398. The standard InChI is InChI=1S/C13H14N4O4/c1-21-7-6-15-9-10(8-14)13(18)16-11-4-2-3-5-12(11)17(19)20/h2-5,9,15H,6-7H2,1H3,(H,16,18)/b10-9-. The van der Waals surface area contributed by atoms with Crippen LogP contribution in [-0.2, 0) is 9.53 Å². The van der Waals surface area contributed by atoms with Gasteiger partial charge in [-0.1, -0.05) is 12.1 Å². The van der Waals surface area contributed by atoms with E-state index in [4.69, 9.17) is 10.00 Å². The molecule has 0 heterocycles. The Morgan fingerprint density at radius 2 is 2.24 bits per heavy atom. The van der Waals surface area contributed by atoms with E-state index >= 15 is 0 Å². The van der Waals surface area contributed by atoms with Gasteiger partial charge in [-0.2, -0.15) is 5.26 Å². The Balaban J connectivity index is 2.80. The quantitative estimate of drug-likeness (QED) is 0.256. The minimum absolute atomic E-state index is 0.0329. The number of para-hydroxylation sites is 2. The van der Waals surface area contributed by atoms with Crippen molar-refractivity contribution in [3.05, 3.63) is 46.2 Å². The van der Waals surface area contributed by atoms with Gasteiger partial charge in [0.1, 0.15) is 17.3 Å². The number of carbonyl (C=O) groups is 1. The van der Waals surface area contributed by atoms with Gasteiger partial charge in [-0.05, 0) is 6.07 Å². The van der Waals surface area contributed by atoms with Gasteiger partial charge in [-0.15, -0.1) is 0 Å². The van der Waals surface area contributed by atoms with E-state index in [1.54, 1.807) is 12.1 Å². The molecule has 0 unspecified atom stereocenters. The molecule has 0 atom stereocenters. The smallest absolute Gasteiger partial charge is 0.292 e. The van der Waals surface area contributed by atoms with Crippen molar-refractivity contribution in [2.24, 2.45) is 0 Å². The highest BCUT2D eigenvalue weighted by Crippen LogP contribution is 2.23. The molecule has 0 radical (unpaired) electrons. The zero-order valence-electron chi connectivity index (χ0n) is 11.3. The molecular weight excluding hydrogens is 276 g/mol. The highest BCUT2D eigenvalue weighted by atomic mass is 16.6. The van der Waals surface area contributed by atoms with Gasteiger partial charge in [0.05, 0.1) is 11.5 Å². The maximum absolute atomic E-state index is 11.9. The van der Waals surface area contributed by atoms with Crippen LogP contribution >= 0.6 is 0 Å². The van der Waals surface area contributed by atoms with Crippen LogP contribution in [0.15, 0.2) is 36.0 Å². The van der Waals surface area contributed by atoms with E-state index < -0.39 is 10.8 Å². The summed E-state index contributed by atoms with van der Waals surface area (Å²) in [4.78, 5) is 22.1. The van der Waals surface area contributed by atoms with E-state index in [2.05, 4.69) is 10.6 Å². The van der Waals surface area contributed by atoms with Crippen molar-refractivity contribution in [3.8, 4) is 6.07 Å². The summed E-state index contributed by atoms with van der Waals surface area (Å²) in [6.45, 7) is 0.849. The van der Waals surface area contributed by atoms with Crippen LogP contribution < -0.4 is 10.6 Å². The number of rotatable bonds is 7. The molecule has 0 aliphatic rings. The molecule has 1 aromatic carbocycles. The maximum atomic E-state index is 11.9. The van der Waals surface area contributed by atoms with E-state index in [0.29, 0.717) is 13.2 Å². The molecule has 0 bridgehead atoms. The zero-order valence-corrected chi connectivity index (χ0v) is 11.3. The molecule has 8 nitrogen and oxygen atoms in total. The van der Waals surface area contributed by atoms with Gasteiger partial charge in [0.15, 0.2) is 0 Å². The number of anilines is 1. The minimum Gasteiger partial charge on any atom is -0.387 e. The Bertz CT molecular complexity index is 592. The first-order valence-corrected chi connectivity index (χ1v) is 5.97. The number of nitriles is 1. The van der Waals surface area contributed by atoms with Crippen molar-refractivity contribution in [2.75, 3.05) is 25.6 Å². The molecule has 0 spiro atoms. The molecular formula is C13H14N4O4. The van der Waals surface area contributed by atoms with Gasteiger partial charge in [0.25, 0.3) is 11.6 Å². The van der Waals surface area contributed by atoms with Gasteiger partial charge in [-0.3, -0.25) is 14.9 Å². The lowest BCUT2D eigenvalue weighted by Crippen LogP contribution is -2.19. The lowest BCUT2D eigenvalue weighted by atomic mass is 10.2. The summed E-state index contributed by atoms with van der Waals surface area (Å²) in [5.74, 6) is -0.725. The fourth-order valence-corrected chi connectivity index (χ4v) is 1.41. The number of ether oxygens (including phenoxy) is 1. The van der Waals surface area contributed by atoms with Gasteiger partial charge >= 0.3 is 0 Å². The first-order chi connectivity index (χ1) is 10.1. The number of nitrogens with one attached hydrogen (secondary N) is 2.